The summed E-state index contributed by atoms with van der Waals surface area (Å²) in [5, 5.41) is 2.27. The van der Waals surface area contributed by atoms with E-state index in [9.17, 15) is 4.79 Å². The van der Waals surface area contributed by atoms with E-state index < -0.39 is 0 Å². The summed E-state index contributed by atoms with van der Waals surface area (Å²) in [6.45, 7) is 4.40. The van der Waals surface area contributed by atoms with Gasteiger partial charge in [0.05, 0.1) is 5.41 Å². The molecule has 0 N–H and O–H groups in total. The molecule has 0 bridgehead atoms. The van der Waals surface area contributed by atoms with Crippen molar-refractivity contribution in [1.29, 1.82) is 0 Å². The Labute approximate surface area is 143 Å². The minimum absolute atomic E-state index is 0.00336. The van der Waals surface area contributed by atoms with Gasteiger partial charge in [0, 0.05) is 18.5 Å². The molecule has 0 aromatic carbocycles. The fraction of sp³-hybridized carbons (Fsp3) is 0.737. The number of carbonyl (C=O) groups is 1. The Hall–Kier alpha value is -0.870. The number of thiophene rings is 1. The first-order valence-electron chi connectivity index (χ1n) is 9.22. The summed E-state index contributed by atoms with van der Waals surface area (Å²) in [7, 11) is 1.96. The number of amides is 1. The predicted octanol–water partition coefficient (Wildman–Crippen LogP) is 3.50. The number of likely N-dealkylation sites (tertiary alicyclic amines) is 2. The zero-order chi connectivity index (χ0) is 15.9. The quantitative estimate of drug-likeness (QED) is 0.846. The van der Waals surface area contributed by atoms with Crippen molar-refractivity contribution < 1.29 is 4.79 Å². The van der Waals surface area contributed by atoms with Gasteiger partial charge in [0.1, 0.15) is 0 Å². The molecular weight excluding hydrogens is 304 g/mol. The molecule has 3 aliphatic rings. The molecule has 1 aromatic heterocycles. The second-order valence-electron chi connectivity index (χ2n) is 7.78. The third-order valence-electron chi connectivity index (χ3n) is 6.51. The monoisotopic (exact) mass is 332 g/mol. The zero-order valence-electron chi connectivity index (χ0n) is 14.2. The Morgan fingerprint density at radius 3 is 2.78 bits per heavy atom. The number of fused-ring (bicyclic) bond motifs is 1. The summed E-state index contributed by atoms with van der Waals surface area (Å²) in [6, 6.07) is 2.36. The lowest BCUT2D eigenvalue weighted by molar-refractivity contribution is -0.137. The van der Waals surface area contributed by atoms with Crippen molar-refractivity contribution in [3.63, 3.8) is 0 Å². The van der Waals surface area contributed by atoms with E-state index in [2.05, 4.69) is 16.3 Å². The van der Waals surface area contributed by atoms with Gasteiger partial charge in [-0.25, -0.2) is 0 Å². The molecule has 126 valence electrons. The molecule has 0 radical (unpaired) electrons. The van der Waals surface area contributed by atoms with Crippen LogP contribution in [0.15, 0.2) is 11.4 Å². The summed E-state index contributed by atoms with van der Waals surface area (Å²) in [4.78, 5) is 18.6. The van der Waals surface area contributed by atoms with E-state index in [1.165, 1.54) is 32.2 Å². The lowest BCUT2D eigenvalue weighted by atomic mass is 9.77. The summed E-state index contributed by atoms with van der Waals surface area (Å²) < 4.78 is 0. The number of hydrogen-bond donors (Lipinski definition) is 0. The molecule has 4 heteroatoms. The minimum atomic E-state index is -0.00336. The molecule has 4 rings (SSSR count). The third-order valence-corrected chi connectivity index (χ3v) is 7.51. The molecular formula is C19H28N2OS. The standard InChI is InChI=1S/C19H28N2OS/c1-20-11-7-19(18(20)22)8-12-21(13-9-19)10-5-15-3-2-4-17-16(15)6-14-23-17/h6,14-15H,2-5,7-13H2,1H3. The highest BCUT2D eigenvalue weighted by atomic mass is 32.1. The Bertz CT molecular complexity index is 574. The van der Waals surface area contributed by atoms with Crippen molar-refractivity contribution in [2.24, 2.45) is 5.41 Å². The Balaban J connectivity index is 1.30. The Morgan fingerprint density at radius 2 is 2.04 bits per heavy atom. The number of rotatable bonds is 3. The van der Waals surface area contributed by atoms with Crippen molar-refractivity contribution >= 4 is 17.2 Å². The smallest absolute Gasteiger partial charge is 0.228 e. The average molecular weight is 333 g/mol. The molecule has 3 heterocycles. The van der Waals surface area contributed by atoms with Crippen LogP contribution in [0.2, 0.25) is 0 Å². The molecule has 2 fully saturated rings. The van der Waals surface area contributed by atoms with Crippen LogP contribution in [0.1, 0.15) is 54.9 Å². The maximum absolute atomic E-state index is 12.4. The lowest BCUT2D eigenvalue weighted by Gasteiger charge is -2.38. The molecule has 0 saturated carbocycles. The van der Waals surface area contributed by atoms with E-state index in [4.69, 9.17) is 0 Å². The first-order chi connectivity index (χ1) is 11.2. The van der Waals surface area contributed by atoms with Gasteiger partial charge in [-0.1, -0.05) is 0 Å². The Morgan fingerprint density at radius 1 is 1.26 bits per heavy atom. The summed E-state index contributed by atoms with van der Waals surface area (Å²) >= 11 is 1.95. The first kappa shape index (κ1) is 15.6. The van der Waals surface area contributed by atoms with Crippen molar-refractivity contribution in [1.82, 2.24) is 9.80 Å². The van der Waals surface area contributed by atoms with Crippen LogP contribution in [-0.4, -0.2) is 48.9 Å². The second-order valence-corrected chi connectivity index (χ2v) is 8.78. The van der Waals surface area contributed by atoms with Gasteiger partial charge >= 0.3 is 0 Å². The first-order valence-corrected chi connectivity index (χ1v) is 10.1. The molecule has 23 heavy (non-hydrogen) atoms. The number of aryl methyl sites for hydroxylation is 1. The molecule has 2 aliphatic heterocycles. The van der Waals surface area contributed by atoms with E-state index in [1.54, 1.807) is 10.4 Å². The highest BCUT2D eigenvalue weighted by molar-refractivity contribution is 7.10. The van der Waals surface area contributed by atoms with Crippen LogP contribution in [0.3, 0.4) is 0 Å². The van der Waals surface area contributed by atoms with Gasteiger partial charge in [0.25, 0.3) is 0 Å². The van der Waals surface area contributed by atoms with Crippen LogP contribution in [0.25, 0.3) is 0 Å². The van der Waals surface area contributed by atoms with Crippen molar-refractivity contribution in [3.05, 3.63) is 21.9 Å². The molecule has 1 atom stereocenters. The van der Waals surface area contributed by atoms with Gasteiger partial charge < -0.3 is 9.80 Å². The van der Waals surface area contributed by atoms with Crippen molar-refractivity contribution in [3.8, 4) is 0 Å². The number of piperidine rings is 1. The molecule has 1 aliphatic carbocycles. The van der Waals surface area contributed by atoms with Crippen LogP contribution < -0.4 is 0 Å². The topological polar surface area (TPSA) is 23.6 Å². The molecule has 1 amide bonds. The van der Waals surface area contributed by atoms with E-state index >= 15 is 0 Å². The number of carbonyl (C=O) groups excluding carboxylic acids is 1. The highest BCUT2D eigenvalue weighted by Crippen LogP contribution is 2.42. The summed E-state index contributed by atoms with van der Waals surface area (Å²) in [5.74, 6) is 1.19. The van der Waals surface area contributed by atoms with Gasteiger partial charge in [0.2, 0.25) is 5.91 Å². The fourth-order valence-corrected chi connectivity index (χ4v) is 5.90. The normalized spacial score (nSPS) is 27.6. The van der Waals surface area contributed by atoms with Gasteiger partial charge in [-0.2, -0.15) is 0 Å². The number of hydrogen-bond acceptors (Lipinski definition) is 3. The zero-order valence-corrected chi connectivity index (χ0v) is 15.0. The van der Waals surface area contributed by atoms with E-state index in [0.717, 1.165) is 44.8 Å². The third kappa shape index (κ3) is 2.85. The van der Waals surface area contributed by atoms with E-state index in [-0.39, 0.29) is 5.41 Å². The highest BCUT2D eigenvalue weighted by Gasteiger charge is 2.46. The van der Waals surface area contributed by atoms with Crippen molar-refractivity contribution in [2.75, 3.05) is 33.2 Å². The number of nitrogens with zero attached hydrogens (tertiary/aromatic N) is 2. The Kier molecular flexibility index (Phi) is 4.22. The molecule has 1 aromatic rings. The van der Waals surface area contributed by atoms with Crippen LogP contribution in [-0.2, 0) is 11.2 Å². The average Bonchev–Trinajstić information content (AvgIpc) is 3.16. The SMILES string of the molecule is CN1CCC2(CCN(CCC3CCCc4sccc43)CC2)C1=O. The molecule has 3 nitrogen and oxygen atoms in total. The fourth-order valence-electron chi connectivity index (χ4n) is 4.88. The maximum Gasteiger partial charge on any atom is 0.228 e. The summed E-state index contributed by atoms with van der Waals surface area (Å²) in [5.41, 5.74) is 1.64. The van der Waals surface area contributed by atoms with Gasteiger partial charge in [-0.3, -0.25) is 4.79 Å². The van der Waals surface area contributed by atoms with E-state index in [1.807, 2.05) is 23.3 Å². The molecule has 1 spiro atoms. The summed E-state index contributed by atoms with van der Waals surface area (Å²) in [6.07, 6.45) is 8.55. The van der Waals surface area contributed by atoms with Crippen LogP contribution in [0.5, 0.6) is 0 Å². The second kappa shape index (κ2) is 6.21. The maximum atomic E-state index is 12.4. The van der Waals surface area contributed by atoms with Crippen molar-refractivity contribution in [2.45, 2.75) is 50.9 Å². The largest absolute Gasteiger partial charge is 0.345 e. The molecule has 1 unspecified atom stereocenters. The molecule has 2 saturated heterocycles. The predicted molar refractivity (Wildman–Crippen MR) is 95.0 cm³/mol. The van der Waals surface area contributed by atoms with Gasteiger partial charge in [0.15, 0.2) is 0 Å². The van der Waals surface area contributed by atoms with Crippen LogP contribution in [0, 0.1) is 5.41 Å². The van der Waals surface area contributed by atoms with Gasteiger partial charge in [-0.15, -0.1) is 11.3 Å². The van der Waals surface area contributed by atoms with E-state index in [0.29, 0.717) is 5.91 Å². The van der Waals surface area contributed by atoms with Crippen LogP contribution in [0.4, 0.5) is 0 Å². The minimum Gasteiger partial charge on any atom is -0.345 e. The van der Waals surface area contributed by atoms with Gasteiger partial charge in [-0.05, 0) is 87.5 Å². The van der Waals surface area contributed by atoms with Crippen LogP contribution >= 0.6 is 11.3 Å². The lowest BCUT2D eigenvalue weighted by Crippen LogP contribution is -2.44.